The van der Waals surface area contributed by atoms with Crippen LogP contribution in [-0.2, 0) is 13.0 Å². The van der Waals surface area contributed by atoms with E-state index >= 15 is 0 Å². The SMILES string of the molecule is c1ccc2c(c1)CCNNC2. The maximum absolute atomic E-state index is 3.15. The monoisotopic (exact) mass is 148 g/mol. The van der Waals surface area contributed by atoms with Gasteiger partial charge in [0.05, 0.1) is 0 Å². The maximum atomic E-state index is 3.15. The third-order valence-electron chi connectivity index (χ3n) is 2.04. The number of hydrogen-bond acceptors (Lipinski definition) is 2. The van der Waals surface area contributed by atoms with E-state index in [1.165, 1.54) is 11.1 Å². The van der Waals surface area contributed by atoms with Crippen molar-refractivity contribution in [1.82, 2.24) is 10.9 Å². The van der Waals surface area contributed by atoms with Gasteiger partial charge in [-0.05, 0) is 17.5 Å². The molecule has 2 heteroatoms. The van der Waals surface area contributed by atoms with Gasteiger partial charge in [-0.15, -0.1) is 0 Å². The number of hydrazine groups is 1. The van der Waals surface area contributed by atoms with Crippen LogP contribution in [0.5, 0.6) is 0 Å². The number of nitrogens with one attached hydrogen (secondary N) is 2. The fourth-order valence-electron chi connectivity index (χ4n) is 1.42. The highest BCUT2D eigenvalue weighted by Gasteiger charge is 2.03. The first kappa shape index (κ1) is 6.83. The van der Waals surface area contributed by atoms with Gasteiger partial charge in [0.2, 0.25) is 0 Å². The van der Waals surface area contributed by atoms with Crippen LogP contribution < -0.4 is 10.9 Å². The predicted molar refractivity (Wildman–Crippen MR) is 45.0 cm³/mol. The Morgan fingerprint density at radius 1 is 1.00 bits per heavy atom. The van der Waals surface area contributed by atoms with Gasteiger partial charge in [0.15, 0.2) is 0 Å². The second kappa shape index (κ2) is 3.03. The minimum absolute atomic E-state index is 0.941. The first-order valence-corrected chi connectivity index (χ1v) is 3.99. The number of benzene rings is 1. The summed E-state index contributed by atoms with van der Waals surface area (Å²) in [7, 11) is 0. The predicted octanol–water partition coefficient (Wildman–Crippen LogP) is 0.837. The average molecular weight is 148 g/mol. The lowest BCUT2D eigenvalue weighted by atomic mass is 10.1. The van der Waals surface area contributed by atoms with Gasteiger partial charge in [0.25, 0.3) is 0 Å². The Morgan fingerprint density at radius 3 is 2.73 bits per heavy atom. The average Bonchev–Trinajstić information content (AvgIpc) is 2.28. The molecule has 1 heterocycles. The molecule has 11 heavy (non-hydrogen) atoms. The van der Waals surface area contributed by atoms with E-state index in [1.54, 1.807) is 0 Å². The molecule has 0 amide bonds. The molecule has 1 aromatic carbocycles. The quantitative estimate of drug-likeness (QED) is 0.569. The molecule has 0 fully saturated rings. The molecule has 0 unspecified atom stereocenters. The van der Waals surface area contributed by atoms with E-state index in [2.05, 4.69) is 35.1 Å². The van der Waals surface area contributed by atoms with Gasteiger partial charge in [-0.3, -0.25) is 10.9 Å². The second-order valence-corrected chi connectivity index (χ2v) is 2.80. The smallest absolute Gasteiger partial charge is 0.0353 e. The molecule has 0 saturated heterocycles. The van der Waals surface area contributed by atoms with Crippen molar-refractivity contribution >= 4 is 0 Å². The highest BCUT2D eigenvalue weighted by molar-refractivity contribution is 5.27. The van der Waals surface area contributed by atoms with E-state index in [-0.39, 0.29) is 0 Å². The Balaban J connectivity index is 2.33. The highest BCUT2D eigenvalue weighted by atomic mass is 15.3. The zero-order valence-corrected chi connectivity index (χ0v) is 6.43. The highest BCUT2D eigenvalue weighted by Crippen LogP contribution is 2.09. The van der Waals surface area contributed by atoms with Crippen LogP contribution in [-0.4, -0.2) is 6.54 Å². The van der Waals surface area contributed by atoms with Crippen molar-refractivity contribution in [2.24, 2.45) is 0 Å². The fourth-order valence-corrected chi connectivity index (χ4v) is 1.42. The van der Waals surface area contributed by atoms with E-state index in [9.17, 15) is 0 Å². The first-order chi connectivity index (χ1) is 5.47. The summed E-state index contributed by atoms with van der Waals surface area (Å²) in [6.45, 7) is 1.97. The van der Waals surface area contributed by atoms with Crippen molar-refractivity contribution in [1.29, 1.82) is 0 Å². The lowest BCUT2D eigenvalue weighted by Gasteiger charge is -2.01. The Hall–Kier alpha value is -0.860. The van der Waals surface area contributed by atoms with E-state index < -0.39 is 0 Å². The molecule has 0 saturated carbocycles. The zero-order chi connectivity index (χ0) is 7.52. The van der Waals surface area contributed by atoms with Gasteiger partial charge < -0.3 is 0 Å². The molecule has 0 bridgehead atoms. The number of rotatable bonds is 0. The number of fused-ring (bicyclic) bond motifs is 1. The van der Waals surface area contributed by atoms with Crippen LogP contribution in [0.25, 0.3) is 0 Å². The van der Waals surface area contributed by atoms with Crippen molar-refractivity contribution in [3.8, 4) is 0 Å². The Labute approximate surface area is 66.6 Å². The molecule has 0 spiro atoms. The Bertz CT molecular complexity index is 220. The molecule has 2 N–H and O–H groups in total. The van der Waals surface area contributed by atoms with Gasteiger partial charge >= 0.3 is 0 Å². The summed E-state index contributed by atoms with van der Waals surface area (Å²) >= 11 is 0. The minimum atomic E-state index is 0.941. The first-order valence-electron chi connectivity index (χ1n) is 3.99. The van der Waals surface area contributed by atoms with Crippen molar-refractivity contribution in [3.05, 3.63) is 35.4 Å². The molecule has 1 aliphatic heterocycles. The van der Waals surface area contributed by atoms with Crippen molar-refractivity contribution in [2.45, 2.75) is 13.0 Å². The summed E-state index contributed by atoms with van der Waals surface area (Å²) in [5.74, 6) is 0. The number of hydrogen-bond donors (Lipinski definition) is 2. The minimum Gasteiger partial charge on any atom is -0.257 e. The summed E-state index contributed by atoms with van der Waals surface area (Å²) in [5.41, 5.74) is 9.17. The van der Waals surface area contributed by atoms with Crippen LogP contribution in [0.3, 0.4) is 0 Å². The van der Waals surface area contributed by atoms with Crippen molar-refractivity contribution in [3.63, 3.8) is 0 Å². The van der Waals surface area contributed by atoms with E-state index in [0.717, 1.165) is 19.5 Å². The van der Waals surface area contributed by atoms with Crippen LogP contribution in [0.2, 0.25) is 0 Å². The summed E-state index contributed by atoms with van der Waals surface area (Å²) < 4.78 is 0. The van der Waals surface area contributed by atoms with Crippen LogP contribution in [0.15, 0.2) is 24.3 Å². The summed E-state index contributed by atoms with van der Waals surface area (Å²) in [6, 6.07) is 8.56. The topological polar surface area (TPSA) is 24.1 Å². The van der Waals surface area contributed by atoms with E-state index in [4.69, 9.17) is 0 Å². The van der Waals surface area contributed by atoms with E-state index in [0.29, 0.717) is 0 Å². The molecule has 0 aliphatic carbocycles. The van der Waals surface area contributed by atoms with Crippen LogP contribution in [0, 0.1) is 0 Å². The summed E-state index contributed by atoms with van der Waals surface area (Å²) in [6.07, 6.45) is 1.13. The fraction of sp³-hybridized carbons (Fsp3) is 0.333. The largest absolute Gasteiger partial charge is 0.257 e. The molecule has 0 radical (unpaired) electrons. The molecule has 2 rings (SSSR count). The van der Waals surface area contributed by atoms with Gasteiger partial charge in [-0.1, -0.05) is 24.3 Å². The maximum Gasteiger partial charge on any atom is 0.0353 e. The zero-order valence-electron chi connectivity index (χ0n) is 6.43. The molecule has 1 aromatic rings. The van der Waals surface area contributed by atoms with Crippen molar-refractivity contribution in [2.75, 3.05) is 6.54 Å². The normalized spacial score (nSPS) is 17.1. The third-order valence-corrected chi connectivity index (χ3v) is 2.04. The molecular formula is C9H12N2. The standard InChI is InChI=1S/C9H12N2/c1-2-4-9-7-11-10-6-5-8(9)3-1/h1-4,10-11H,5-7H2. The molecule has 1 aliphatic rings. The lowest BCUT2D eigenvalue weighted by Crippen LogP contribution is -2.30. The summed E-state index contributed by atoms with van der Waals surface area (Å²) in [4.78, 5) is 0. The van der Waals surface area contributed by atoms with Crippen LogP contribution in [0.4, 0.5) is 0 Å². The van der Waals surface area contributed by atoms with Gasteiger partial charge in [-0.25, -0.2) is 0 Å². The molecule has 0 atom stereocenters. The van der Waals surface area contributed by atoms with Crippen LogP contribution in [0.1, 0.15) is 11.1 Å². The molecule has 2 nitrogen and oxygen atoms in total. The molecule has 58 valence electrons. The van der Waals surface area contributed by atoms with Gasteiger partial charge in [-0.2, -0.15) is 0 Å². The summed E-state index contributed by atoms with van der Waals surface area (Å²) in [5, 5.41) is 0. The molecule has 0 aromatic heterocycles. The van der Waals surface area contributed by atoms with Gasteiger partial charge in [0.1, 0.15) is 0 Å². The Kier molecular flexibility index (Phi) is 1.88. The molecular weight excluding hydrogens is 136 g/mol. The Morgan fingerprint density at radius 2 is 1.82 bits per heavy atom. The lowest BCUT2D eigenvalue weighted by molar-refractivity contribution is 0.553. The second-order valence-electron chi connectivity index (χ2n) is 2.80. The van der Waals surface area contributed by atoms with Crippen molar-refractivity contribution < 1.29 is 0 Å². The third kappa shape index (κ3) is 1.42. The van der Waals surface area contributed by atoms with Gasteiger partial charge in [0, 0.05) is 13.1 Å². The van der Waals surface area contributed by atoms with E-state index in [1.807, 2.05) is 0 Å². The van der Waals surface area contributed by atoms with Crippen LogP contribution >= 0.6 is 0 Å².